The summed E-state index contributed by atoms with van der Waals surface area (Å²) < 4.78 is 5.35. The van der Waals surface area contributed by atoms with E-state index >= 15 is 0 Å². The Morgan fingerprint density at radius 1 is 1.23 bits per heavy atom. The molecule has 122 valence electrons. The van der Waals surface area contributed by atoms with Crippen LogP contribution in [0.2, 0.25) is 30.7 Å². The van der Waals surface area contributed by atoms with Crippen LogP contribution in [-0.2, 0) is 10.8 Å². The van der Waals surface area contributed by atoms with E-state index in [4.69, 9.17) is 15.8 Å². The summed E-state index contributed by atoms with van der Waals surface area (Å²) in [5.74, 6) is 0.774. The van der Waals surface area contributed by atoms with Gasteiger partial charge < -0.3 is 4.18 Å². The second kappa shape index (κ2) is 7.91. The molecule has 0 saturated heterocycles. The van der Waals surface area contributed by atoms with Crippen LogP contribution in [0, 0.1) is 20.2 Å². The molecule has 0 amide bonds. The lowest BCUT2D eigenvalue weighted by atomic mass is 10.1. The third-order valence-electron chi connectivity index (χ3n) is 2.81. The fourth-order valence-corrected chi connectivity index (χ4v) is 4.90. The van der Waals surface area contributed by atoms with Gasteiger partial charge in [-0.05, 0) is 24.2 Å². The summed E-state index contributed by atoms with van der Waals surface area (Å²) >= 11 is 7.13. The fourth-order valence-electron chi connectivity index (χ4n) is 1.60. The maximum Gasteiger partial charge on any atom is 0.353 e. The molecular formula is C12H17ClN2O5SSi. The third kappa shape index (κ3) is 5.56. The lowest BCUT2D eigenvalue weighted by Crippen LogP contribution is -2.19. The molecule has 1 aromatic carbocycles. The fraction of sp³-hybridized carbons (Fsp3) is 0.500. The van der Waals surface area contributed by atoms with Crippen molar-refractivity contribution >= 4 is 43.1 Å². The van der Waals surface area contributed by atoms with E-state index in [0.717, 1.165) is 17.9 Å². The maximum absolute atomic E-state index is 11.1. The number of nitrogens with zero attached hydrogens (tertiary/aromatic N) is 2. The van der Waals surface area contributed by atoms with Crippen molar-refractivity contribution < 1.29 is 14.0 Å². The van der Waals surface area contributed by atoms with Gasteiger partial charge >= 0.3 is 11.4 Å². The van der Waals surface area contributed by atoms with Crippen molar-refractivity contribution in [3.63, 3.8) is 0 Å². The minimum absolute atomic E-state index is 0.0290. The SMILES string of the molecule is C[Si](C)(C)CCSOCc1c(Cl)ccc([N+](=O)[O-])c1[N+](=O)[O-]. The second-order valence-electron chi connectivity index (χ2n) is 5.80. The van der Waals surface area contributed by atoms with E-state index in [0.29, 0.717) is 0 Å². The van der Waals surface area contributed by atoms with Gasteiger partial charge in [0.15, 0.2) is 0 Å². The number of halogens is 1. The largest absolute Gasteiger partial charge is 0.353 e. The van der Waals surface area contributed by atoms with E-state index in [2.05, 4.69) is 19.6 Å². The van der Waals surface area contributed by atoms with E-state index in [1.54, 1.807) is 0 Å². The van der Waals surface area contributed by atoms with Crippen molar-refractivity contribution in [3.8, 4) is 0 Å². The predicted octanol–water partition coefficient (Wildman–Crippen LogP) is 4.66. The van der Waals surface area contributed by atoms with Gasteiger partial charge in [-0.3, -0.25) is 20.2 Å². The summed E-state index contributed by atoms with van der Waals surface area (Å²) in [6.45, 7) is 6.55. The molecule has 0 unspecified atom stereocenters. The van der Waals surface area contributed by atoms with Gasteiger partial charge in [0.1, 0.15) is 0 Å². The number of nitro groups is 2. The van der Waals surface area contributed by atoms with E-state index in [9.17, 15) is 20.2 Å². The van der Waals surface area contributed by atoms with Crippen molar-refractivity contribution in [1.82, 2.24) is 0 Å². The van der Waals surface area contributed by atoms with Gasteiger partial charge in [-0.2, -0.15) is 0 Å². The molecule has 0 aliphatic carbocycles. The van der Waals surface area contributed by atoms with Gasteiger partial charge in [0.25, 0.3) is 0 Å². The normalized spacial score (nSPS) is 11.5. The van der Waals surface area contributed by atoms with E-state index in [1.165, 1.54) is 18.1 Å². The van der Waals surface area contributed by atoms with Gasteiger partial charge in [0.05, 0.1) is 27.0 Å². The van der Waals surface area contributed by atoms with Gasteiger partial charge in [-0.1, -0.05) is 31.2 Å². The van der Waals surface area contributed by atoms with Gasteiger partial charge in [0.2, 0.25) is 0 Å². The van der Waals surface area contributed by atoms with Crippen molar-refractivity contribution in [3.05, 3.63) is 42.9 Å². The standard InChI is InChI=1S/C12H17ClN2O5SSi/c1-22(2,3)7-6-21-20-8-9-10(13)4-5-11(14(16)17)12(9)15(18)19/h4-5H,6-8H2,1-3H3. The third-order valence-corrected chi connectivity index (χ3v) is 5.93. The van der Waals surface area contributed by atoms with Crippen LogP contribution in [0.1, 0.15) is 5.56 Å². The van der Waals surface area contributed by atoms with Crippen LogP contribution in [0.15, 0.2) is 12.1 Å². The Kier molecular flexibility index (Phi) is 6.79. The van der Waals surface area contributed by atoms with Gasteiger partial charge in [-0.25, -0.2) is 0 Å². The number of benzene rings is 1. The highest BCUT2D eigenvalue weighted by Crippen LogP contribution is 2.36. The van der Waals surface area contributed by atoms with Crippen LogP contribution in [0.5, 0.6) is 0 Å². The molecule has 1 aromatic rings. The minimum atomic E-state index is -1.17. The van der Waals surface area contributed by atoms with E-state index < -0.39 is 29.3 Å². The molecule has 0 aliphatic heterocycles. The number of hydrogen-bond donors (Lipinski definition) is 0. The highest BCUT2D eigenvalue weighted by atomic mass is 35.5. The Labute approximate surface area is 138 Å². The van der Waals surface area contributed by atoms with Crippen LogP contribution in [0.25, 0.3) is 0 Å². The van der Waals surface area contributed by atoms with Crippen molar-refractivity contribution in [2.75, 3.05) is 5.75 Å². The highest BCUT2D eigenvalue weighted by molar-refractivity contribution is 7.94. The average molecular weight is 365 g/mol. The Morgan fingerprint density at radius 2 is 1.86 bits per heavy atom. The molecule has 0 fully saturated rings. The number of rotatable bonds is 8. The van der Waals surface area contributed by atoms with Crippen molar-refractivity contribution in [1.29, 1.82) is 0 Å². The monoisotopic (exact) mass is 364 g/mol. The van der Waals surface area contributed by atoms with E-state index in [-0.39, 0.29) is 17.2 Å². The minimum Gasteiger partial charge on any atom is -0.310 e. The first-order valence-electron chi connectivity index (χ1n) is 6.48. The maximum atomic E-state index is 11.1. The van der Waals surface area contributed by atoms with Crippen LogP contribution >= 0.6 is 23.6 Å². The molecule has 0 atom stereocenters. The summed E-state index contributed by atoms with van der Waals surface area (Å²) in [6.07, 6.45) is 0. The molecular weight excluding hydrogens is 348 g/mol. The summed E-state index contributed by atoms with van der Waals surface area (Å²) in [5, 5.41) is 22.1. The molecule has 10 heteroatoms. The molecule has 0 spiro atoms. The molecule has 7 nitrogen and oxygen atoms in total. The first-order chi connectivity index (χ1) is 10.1. The summed E-state index contributed by atoms with van der Waals surface area (Å²) in [6, 6.07) is 3.35. The molecule has 0 radical (unpaired) electrons. The Hall–Kier alpha value is -1.16. The van der Waals surface area contributed by atoms with Crippen LogP contribution < -0.4 is 0 Å². The van der Waals surface area contributed by atoms with Crippen molar-refractivity contribution in [2.24, 2.45) is 0 Å². The topological polar surface area (TPSA) is 95.5 Å². The molecule has 0 aromatic heterocycles. The molecule has 0 bridgehead atoms. The highest BCUT2D eigenvalue weighted by Gasteiger charge is 2.30. The number of nitro benzene ring substituents is 2. The molecule has 0 heterocycles. The molecule has 1 rings (SSSR count). The van der Waals surface area contributed by atoms with Crippen LogP contribution in [0.3, 0.4) is 0 Å². The quantitative estimate of drug-likeness (QED) is 0.219. The lowest BCUT2D eigenvalue weighted by molar-refractivity contribution is -0.423. The zero-order chi connectivity index (χ0) is 16.9. The summed E-state index contributed by atoms with van der Waals surface area (Å²) in [5.41, 5.74) is -1.16. The Balaban J connectivity index is 2.83. The molecule has 0 saturated carbocycles. The van der Waals surface area contributed by atoms with E-state index in [1.807, 2.05) is 0 Å². The lowest BCUT2D eigenvalue weighted by Gasteiger charge is -2.14. The molecule has 0 aliphatic rings. The second-order valence-corrected chi connectivity index (χ2v) is 12.7. The molecule has 22 heavy (non-hydrogen) atoms. The predicted molar refractivity (Wildman–Crippen MR) is 90.2 cm³/mol. The Bertz CT molecular complexity index is 579. The van der Waals surface area contributed by atoms with Crippen molar-refractivity contribution in [2.45, 2.75) is 32.3 Å². The Morgan fingerprint density at radius 3 is 2.36 bits per heavy atom. The van der Waals surface area contributed by atoms with Gasteiger partial charge in [0, 0.05) is 19.9 Å². The molecule has 0 N–H and O–H groups in total. The summed E-state index contributed by atoms with van der Waals surface area (Å²) in [4.78, 5) is 20.4. The average Bonchev–Trinajstić information content (AvgIpc) is 2.37. The zero-order valence-electron chi connectivity index (χ0n) is 12.5. The smallest absolute Gasteiger partial charge is 0.310 e. The van der Waals surface area contributed by atoms with Crippen LogP contribution in [0.4, 0.5) is 11.4 Å². The first-order valence-corrected chi connectivity index (χ1v) is 11.5. The zero-order valence-corrected chi connectivity index (χ0v) is 15.1. The van der Waals surface area contributed by atoms with Gasteiger partial charge in [-0.15, -0.1) is 0 Å². The number of hydrogen-bond acceptors (Lipinski definition) is 6. The van der Waals surface area contributed by atoms with Crippen LogP contribution in [-0.4, -0.2) is 23.7 Å². The summed E-state index contributed by atoms with van der Waals surface area (Å²) in [7, 11) is -1.17. The first kappa shape index (κ1) is 18.9.